The molecule has 1 atom stereocenters. The number of hydrogen-bond donors (Lipinski definition) is 2. The summed E-state index contributed by atoms with van der Waals surface area (Å²) in [7, 11) is 1.53. The highest BCUT2D eigenvalue weighted by Gasteiger charge is 2.22. The summed E-state index contributed by atoms with van der Waals surface area (Å²) in [6.45, 7) is 4.80. The van der Waals surface area contributed by atoms with Gasteiger partial charge >= 0.3 is 0 Å². The van der Waals surface area contributed by atoms with Crippen LogP contribution < -0.4 is 25.5 Å². The van der Waals surface area contributed by atoms with Crippen molar-refractivity contribution in [3.05, 3.63) is 34.1 Å². The van der Waals surface area contributed by atoms with Gasteiger partial charge in [0.25, 0.3) is 5.91 Å². The van der Waals surface area contributed by atoms with Gasteiger partial charge in [-0.3, -0.25) is 14.4 Å². The zero-order valence-electron chi connectivity index (χ0n) is 16.0. The number of carbonyl (C=O) groups is 2. The number of methoxy groups -OCH3 is 1. The van der Waals surface area contributed by atoms with E-state index in [-0.39, 0.29) is 18.3 Å². The normalized spacial score (nSPS) is 13.4. The van der Waals surface area contributed by atoms with Gasteiger partial charge in [-0.15, -0.1) is 0 Å². The van der Waals surface area contributed by atoms with E-state index in [2.05, 4.69) is 10.6 Å². The molecule has 3 rings (SSSR count). The summed E-state index contributed by atoms with van der Waals surface area (Å²) >= 11 is 0. The monoisotopic (exact) mass is 389 g/mol. The van der Waals surface area contributed by atoms with Crippen molar-refractivity contribution < 1.29 is 23.8 Å². The van der Waals surface area contributed by atoms with E-state index >= 15 is 0 Å². The molecule has 1 aliphatic rings. The summed E-state index contributed by atoms with van der Waals surface area (Å²) in [4.78, 5) is 37.6. The van der Waals surface area contributed by atoms with Gasteiger partial charge in [0, 0.05) is 32.5 Å². The molecule has 0 spiro atoms. The highest BCUT2D eigenvalue weighted by atomic mass is 16.7. The standard InChI is InChI=1S/C19H23N3O6/c1-4-22-9-13(19(25)21-11(2)18(24)20-5-6-26-3)17(23)12-7-15-16(8-14(12)22)28-10-27-15/h7-9,11H,4-6,10H2,1-3H3,(H,20,24)(H,21,25). The average molecular weight is 389 g/mol. The van der Waals surface area contributed by atoms with Gasteiger partial charge in [-0.2, -0.15) is 0 Å². The molecule has 2 heterocycles. The van der Waals surface area contributed by atoms with Crippen LogP contribution in [0.15, 0.2) is 23.1 Å². The average Bonchev–Trinajstić information content (AvgIpc) is 3.14. The van der Waals surface area contributed by atoms with Crippen LogP contribution in [0.4, 0.5) is 0 Å². The van der Waals surface area contributed by atoms with Gasteiger partial charge in [0.2, 0.25) is 18.1 Å². The quantitative estimate of drug-likeness (QED) is 0.673. The fraction of sp³-hybridized carbons (Fsp3) is 0.421. The Hall–Kier alpha value is -3.07. The smallest absolute Gasteiger partial charge is 0.257 e. The summed E-state index contributed by atoms with van der Waals surface area (Å²) < 4.78 is 17.4. The predicted molar refractivity (Wildman–Crippen MR) is 102 cm³/mol. The molecule has 0 aliphatic carbocycles. The van der Waals surface area contributed by atoms with E-state index in [1.54, 1.807) is 23.6 Å². The first-order valence-corrected chi connectivity index (χ1v) is 9.00. The van der Waals surface area contributed by atoms with Gasteiger partial charge in [0.15, 0.2) is 11.5 Å². The molecule has 2 aromatic rings. The van der Waals surface area contributed by atoms with Gasteiger partial charge in [-0.25, -0.2) is 0 Å². The third kappa shape index (κ3) is 3.79. The number of aromatic nitrogens is 1. The minimum Gasteiger partial charge on any atom is -0.454 e. The number of fused-ring (bicyclic) bond motifs is 2. The van der Waals surface area contributed by atoms with Gasteiger partial charge in [-0.05, 0) is 19.9 Å². The van der Waals surface area contributed by atoms with Crippen molar-refractivity contribution in [3.63, 3.8) is 0 Å². The molecule has 0 saturated carbocycles. The molecule has 2 N–H and O–H groups in total. The number of benzene rings is 1. The minimum absolute atomic E-state index is 0.0373. The third-order valence-corrected chi connectivity index (χ3v) is 4.51. The molecule has 2 amide bonds. The molecule has 9 nitrogen and oxygen atoms in total. The van der Waals surface area contributed by atoms with Crippen LogP contribution in [-0.4, -0.2) is 49.5 Å². The molecular weight excluding hydrogens is 366 g/mol. The largest absolute Gasteiger partial charge is 0.454 e. The Morgan fingerprint density at radius 1 is 1.29 bits per heavy atom. The van der Waals surface area contributed by atoms with E-state index in [1.807, 2.05) is 6.92 Å². The minimum atomic E-state index is -0.800. The fourth-order valence-electron chi connectivity index (χ4n) is 2.97. The summed E-state index contributed by atoms with van der Waals surface area (Å²) in [5.74, 6) is 0.0647. The molecular formula is C19H23N3O6. The van der Waals surface area contributed by atoms with Crippen LogP contribution >= 0.6 is 0 Å². The number of nitrogens with zero attached hydrogens (tertiary/aromatic N) is 1. The maximum atomic E-state index is 12.9. The van der Waals surface area contributed by atoms with E-state index in [0.717, 1.165) is 0 Å². The van der Waals surface area contributed by atoms with Crippen molar-refractivity contribution in [2.24, 2.45) is 0 Å². The number of carbonyl (C=O) groups excluding carboxylic acids is 2. The Morgan fingerprint density at radius 2 is 2.00 bits per heavy atom. The lowest BCUT2D eigenvalue weighted by atomic mass is 10.1. The molecule has 1 aliphatic heterocycles. The number of pyridine rings is 1. The molecule has 0 radical (unpaired) electrons. The van der Waals surface area contributed by atoms with E-state index in [4.69, 9.17) is 14.2 Å². The maximum absolute atomic E-state index is 12.9. The topological polar surface area (TPSA) is 108 Å². The first-order valence-electron chi connectivity index (χ1n) is 9.00. The van der Waals surface area contributed by atoms with E-state index in [0.29, 0.717) is 42.1 Å². The van der Waals surface area contributed by atoms with E-state index < -0.39 is 17.4 Å². The number of rotatable bonds is 7. The third-order valence-electron chi connectivity index (χ3n) is 4.51. The SMILES string of the molecule is CCn1cc(C(=O)NC(C)C(=O)NCCOC)c(=O)c2cc3c(cc21)OCO3. The molecule has 1 unspecified atom stereocenters. The highest BCUT2D eigenvalue weighted by molar-refractivity contribution is 6.00. The van der Waals surface area contributed by atoms with Crippen LogP contribution in [-0.2, 0) is 16.1 Å². The van der Waals surface area contributed by atoms with Crippen molar-refractivity contribution in [2.45, 2.75) is 26.4 Å². The molecule has 28 heavy (non-hydrogen) atoms. The number of ether oxygens (including phenoxy) is 3. The molecule has 9 heteroatoms. The van der Waals surface area contributed by atoms with Crippen LogP contribution in [0.5, 0.6) is 11.5 Å². The lowest BCUT2D eigenvalue weighted by molar-refractivity contribution is -0.122. The summed E-state index contributed by atoms with van der Waals surface area (Å²) in [5.41, 5.74) is 0.186. The number of hydrogen-bond acceptors (Lipinski definition) is 6. The fourth-order valence-corrected chi connectivity index (χ4v) is 2.97. The zero-order valence-corrected chi connectivity index (χ0v) is 16.0. The molecule has 150 valence electrons. The molecule has 1 aromatic carbocycles. The second-order valence-electron chi connectivity index (χ2n) is 6.36. The van der Waals surface area contributed by atoms with Crippen LogP contribution in [0.25, 0.3) is 10.9 Å². The lowest BCUT2D eigenvalue weighted by Crippen LogP contribution is -2.46. The van der Waals surface area contributed by atoms with Crippen molar-refractivity contribution in [1.82, 2.24) is 15.2 Å². The first-order chi connectivity index (χ1) is 13.5. The molecule has 0 saturated heterocycles. The van der Waals surface area contributed by atoms with Crippen LogP contribution in [0.1, 0.15) is 24.2 Å². The highest BCUT2D eigenvalue weighted by Crippen LogP contribution is 2.35. The van der Waals surface area contributed by atoms with Crippen LogP contribution in [0.2, 0.25) is 0 Å². The Morgan fingerprint density at radius 3 is 2.68 bits per heavy atom. The van der Waals surface area contributed by atoms with Gasteiger partial charge in [0.05, 0.1) is 17.5 Å². The van der Waals surface area contributed by atoms with Crippen molar-refractivity contribution in [2.75, 3.05) is 27.1 Å². The van der Waals surface area contributed by atoms with Gasteiger partial charge < -0.3 is 29.4 Å². The summed E-state index contributed by atoms with van der Waals surface area (Å²) in [5, 5.41) is 5.57. The Bertz CT molecular complexity index is 968. The van der Waals surface area contributed by atoms with Gasteiger partial charge in [-0.1, -0.05) is 0 Å². The number of aryl methyl sites for hydroxylation is 1. The van der Waals surface area contributed by atoms with Gasteiger partial charge in [0.1, 0.15) is 11.6 Å². The van der Waals surface area contributed by atoms with Crippen molar-refractivity contribution >= 4 is 22.7 Å². The van der Waals surface area contributed by atoms with Crippen molar-refractivity contribution in [3.8, 4) is 11.5 Å². The molecule has 0 bridgehead atoms. The first kappa shape index (κ1) is 19.7. The number of amides is 2. The van der Waals surface area contributed by atoms with Crippen molar-refractivity contribution in [1.29, 1.82) is 0 Å². The Kier molecular flexibility index (Phi) is 5.84. The Labute approximate surface area is 161 Å². The van der Waals surface area contributed by atoms with E-state index in [9.17, 15) is 14.4 Å². The molecule has 1 aromatic heterocycles. The molecule has 0 fully saturated rings. The van der Waals surface area contributed by atoms with Crippen LogP contribution in [0.3, 0.4) is 0 Å². The summed E-state index contributed by atoms with van der Waals surface area (Å²) in [6.07, 6.45) is 1.50. The maximum Gasteiger partial charge on any atom is 0.257 e. The number of nitrogens with one attached hydrogen (secondary N) is 2. The Balaban J connectivity index is 1.89. The van der Waals surface area contributed by atoms with E-state index in [1.165, 1.54) is 13.3 Å². The predicted octanol–water partition coefficient (Wildman–Crippen LogP) is 0.631. The summed E-state index contributed by atoms with van der Waals surface area (Å²) in [6, 6.07) is 2.52. The lowest BCUT2D eigenvalue weighted by Gasteiger charge is -2.16. The van der Waals surface area contributed by atoms with Crippen LogP contribution in [0, 0.1) is 0 Å². The second-order valence-corrected chi connectivity index (χ2v) is 6.36. The zero-order chi connectivity index (χ0) is 20.3. The second kappa shape index (κ2) is 8.30.